The average molecular weight is 508 g/mol. The van der Waals surface area contributed by atoms with Gasteiger partial charge in [0.2, 0.25) is 0 Å². The van der Waals surface area contributed by atoms with Crippen LogP contribution in [-0.4, -0.2) is 47.0 Å². The van der Waals surface area contributed by atoms with Crippen LogP contribution in [0.5, 0.6) is 0 Å². The first-order valence-electron chi connectivity index (χ1n) is 13.3. The second-order valence-corrected chi connectivity index (χ2v) is 11.1. The highest BCUT2D eigenvalue weighted by molar-refractivity contribution is 5.94. The molecule has 37 heavy (non-hydrogen) atoms. The number of rotatable bonds is 10. The summed E-state index contributed by atoms with van der Waals surface area (Å²) in [5.41, 5.74) is 2.89. The van der Waals surface area contributed by atoms with Crippen molar-refractivity contribution in [1.82, 2.24) is 15.5 Å². The molecular formula is C30H41N3O4. The lowest BCUT2D eigenvalue weighted by Gasteiger charge is -2.41. The van der Waals surface area contributed by atoms with Gasteiger partial charge in [0.1, 0.15) is 0 Å². The van der Waals surface area contributed by atoms with Crippen molar-refractivity contribution in [2.75, 3.05) is 13.1 Å². The summed E-state index contributed by atoms with van der Waals surface area (Å²) in [6.07, 6.45) is 4.85. The predicted octanol–water partition coefficient (Wildman–Crippen LogP) is 5.25. The molecule has 3 amide bonds. The van der Waals surface area contributed by atoms with E-state index in [1.165, 1.54) is 5.56 Å². The summed E-state index contributed by atoms with van der Waals surface area (Å²) in [6.45, 7) is 8.03. The van der Waals surface area contributed by atoms with Gasteiger partial charge < -0.3 is 20.6 Å². The minimum atomic E-state index is -0.950. The van der Waals surface area contributed by atoms with Crippen LogP contribution in [0.4, 0.5) is 4.79 Å². The summed E-state index contributed by atoms with van der Waals surface area (Å²) in [5, 5.41) is 14.5. The van der Waals surface area contributed by atoms with Gasteiger partial charge in [0.25, 0.3) is 5.91 Å². The van der Waals surface area contributed by atoms with Gasteiger partial charge in [-0.2, -0.15) is 0 Å². The monoisotopic (exact) mass is 507 g/mol. The number of aliphatic carboxylic acids is 1. The summed E-state index contributed by atoms with van der Waals surface area (Å²) in [7, 11) is 0. The van der Waals surface area contributed by atoms with Crippen LogP contribution in [0.3, 0.4) is 0 Å². The average Bonchev–Trinajstić information content (AvgIpc) is 2.87. The van der Waals surface area contributed by atoms with Crippen molar-refractivity contribution < 1.29 is 19.5 Å². The van der Waals surface area contributed by atoms with E-state index in [1.54, 1.807) is 12.1 Å². The third kappa shape index (κ3) is 8.92. The maximum atomic E-state index is 13.4. The van der Waals surface area contributed by atoms with Crippen LogP contribution >= 0.6 is 0 Å². The molecule has 0 atom stereocenters. The Bertz CT molecular complexity index is 1020. The zero-order chi connectivity index (χ0) is 26.8. The summed E-state index contributed by atoms with van der Waals surface area (Å²) in [5.74, 6) is -0.594. The van der Waals surface area contributed by atoms with Crippen LogP contribution in [0.1, 0.15) is 74.4 Å². The third-order valence-electron chi connectivity index (χ3n) is 7.35. The maximum absolute atomic E-state index is 13.4. The molecule has 1 aliphatic carbocycles. The van der Waals surface area contributed by atoms with Crippen molar-refractivity contribution in [2.24, 2.45) is 11.3 Å². The number of carboxylic acids is 1. The normalized spacial score (nSPS) is 17.6. The zero-order valence-electron chi connectivity index (χ0n) is 22.3. The van der Waals surface area contributed by atoms with Crippen LogP contribution in [0, 0.1) is 11.3 Å². The topological polar surface area (TPSA) is 98.7 Å². The molecule has 0 spiro atoms. The van der Waals surface area contributed by atoms with E-state index in [0.29, 0.717) is 24.6 Å². The lowest BCUT2D eigenvalue weighted by molar-refractivity contribution is -0.136. The maximum Gasteiger partial charge on any atom is 0.317 e. The van der Waals surface area contributed by atoms with Crippen molar-refractivity contribution in [3.05, 3.63) is 71.3 Å². The number of nitrogens with zero attached hydrogens (tertiary/aromatic N) is 1. The highest BCUT2D eigenvalue weighted by Crippen LogP contribution is 2.39. The van der Waals surface area contributed by atoms with Crippen LogP contribution in [0.2, 0.25) is 0 Å². The Morgan fingerprint density at radius 3 is 2.11 bits per heavy atom. The summed E-state index contributed by atoms with van der Waals surface area (Å²) >= 11 is 0. The number of benzene rings is 2. The number of amides is 3. The van der Waals surface area contributed by atoms with Crippen molar-refractivity contribution >= 4 is 17.9 Å². The van der Waals surface area contributed by atoms with E-state index in [9.17, 15) is 14.4 Å². The smallest absolute Gasteiger partial charge is 0.317 e. The van der Waals surface area contributed by atoms with Gasteiger partial charge in [0.15, 0.2) is 0 Å². The van der Waals surface area contributed by atoms with E-state index < -0.39 is 5.97 Å². The Kier molecular flexibility index (Phi) is 10.1. The van der Waals surface area contributed by atoms with E-state index in [0.717, 1.165) is 37.7 Å². The van der Waals surface area contributed by atoms with Gasteiger partial charge in [0, 0.05) is 31.2 Å². The van der Waals surface area contributed by atoms with Gasteiger partial charge in [0.05, 0.1) is 6.42 Å². The highest BCUT2D eigenvalue weighted by atomic mass is 16.4. The summed E-state index contributed by atoms with van der Waals surface area (Å²) in [4.78, 5) is 38.3. The number of urea groups is 1. The van der Waals surface area contributed by atoms with Gasteiger partial charge in [-0.05, 0) is 66.7 Å². The van der Waals surface area contributed by atoms with Gasteiger partial charge in [-0.3, -0.25) is 9.59 Å². The first kappa shape index (κ1) is 28.2. The fourth-order valence-corrected chi connectivity index (χ4v) is 5.02. The molecule has 0 radical (unpaired) electrons. The Morgan fingerprint density at radius 1 is 0.865 bits per heavy atom. The van der Waals surface area contributed by atoms with Gasteiger partial charge in [-0.1, -0.05) is 63.2 Å². The standard InChI is InChI=1S/C30H41N3O4/c1-30(2,3)25-13-15-26(16-14-25)33(29(37)32-19-17-22-7-5-4-6-8-22)21-23-9-11-24(12-10-23)28(36)31-20-18-27(34)35/h4-12,25-26H,13-21H2,1-3H3,(H,31,36)(H,32,37)(H,34,35). The van der Waals surface area contributed by atoms with Crippen molar-refractivity contribution in [3.63, 3.8) is 0 Å². The molecule has 0 aromatic heterocycles. The van der Waals surface area contributed by atoms with Crippen LogP contribution in [-0.2, 0) is 17.8 Å². The molecule has 3 rings (SSSR count). The molecule has 2 aromatic rings. The van der Waals surface area contributed by atoms with Crippen LogP contribution < -0.4 is 10.6 Å². The van der Waals surface area contributed by atoms with Gasteiger partial charge in [-0.15, -0.1) is 0 Å². The molecule has 1 fully saturated rings. The van der Waals surface area contributed by atoms with E-state index >= 15 is 0 Å². The largest absolute Gasteiger partial charge is 0.481 e. The van der Waals surface area contributed by atoms with E-state index in [2.05, 4.69) is 43.5 Å². The molecule has 3 N–H and O–H groups in total. The van der Waals surface area contributed by atoms with E-state index in [1.807, 2.05) is 35.2 Å². The first-order chi connectivity index (χ1) is 17.6. The molecule has 1 aliphatic rings. The number of hydrogen-bond donors (Lipinski definition) is 3. The van der Waals surface area contributed by atoms with E-state index in [-0.39, 0.29) is 36.4 Å². The number of carboxylic acid groups (broad SMARTS) is 1. The van der Waals surface area contributed by atoms with E-state index in [4.69, 9.17) is 5.11 Å². The fraction of sp³-hybridized carbons (Fsp3) is 0.500. The zero-order valence-corrected chi connectivity index (χ0v) is 22.3. The molecule has 200 valence electrons. The van der Waals surface area contributed by atoms with Crippen molar-refractivity contribution in [3.8, 4) is 0 Å². The number of carbonyl (C=O) groups excluding carboxylic acids is 2. The predicted molar refractivity (Wildman–Crippen MR) is 145 cm³/mol. The Morgan fingerprint density at radius 2 is 1.51 bits per heavy atom. The summed E-state index contributed by atoms with van der Waals surface area (Å²) in [6, 6.07) is 17.5. The molecule has 7 heteroatoms. The SMILES string of the molecule is CC(C)(C)C1CCC(N(Cc2ccc(C(=O)NCCC(=O)O)cc2)C(=O)NCCc2ccccc2)CC1. The van der Waals surface area contributed by atoms with Gasteiger partial charge in [-0.25, -0.2) is 4.79 Å². The summed E-state index contributed by atoms with van der Waals surface area (Å²) < 4.78 is 0. The molecule has 0 aliphatic heterocycles. The first-order valence-corrected chi connectivity index (χ1v) is 13.3. The van der Waals surface area contributed by atoms with Gasteiger partial charge >= 0.3 is 12.0 Å². The lowest BCUT2D eigenvalue weighted by Crippen LogP contribution is -2.48. The highest BCUT2D eigenvalue weighted by Gasteiger charge is 2.33. The quantitative estimate of drug-likeness (QED) is 0.409. The van der Waals surface area contributed by atoms with Crippen LogP contribution in [0.15, 0.2) is 54.6 Å². The Balaban J connectivity index is 1.64. The molecule has 0 bridgehead atoms. The molecule has 0 saturated heterocycles. The molecule has 1 saturated carbocycles. The lowest BCUT2D eigenvalue weighted by atomic mass is 9.71. The molecule has 2 aromatic carbocycles. The van der Waals surface area contributed by atoms with Crippen molar-refractivity contribution in [1.29, 1.82) is 0 Å². The number of carbonyl (C=O) groups is 3. The third-order valence-corrected chi connectivity index (χ3v) is 7.35. The van der Waals surface area contributed by atoms with Crippen molar-refractivity contribution in [2.45, 2.75) is 71.9 Å². The van der Waals surface area contributed by atoms with Crippen LogP contribution in [0.25, 0.3) is 0 Å². The minimum absolute atomic E-state index is 0.0503. The molecule has 0 heterocycles. The molecular weight excluding hydrogens is 466 g/mol. The Hall–Kier alpha value is -3.35. The molecule has 7 nitrogen and oxygen atoms in total. The minimum Gasteiger partial charge on any atom is -0.481 e. The fourth-order valence-electron chi connectivity index (χ4n) is 5.02. The Labute approximate surface area is 220 Å². The second-order valence-electron chi connectivity index (χ2n) is 11.1. The molecule has 0 unspecified atom stereocenters. The second kappa shape index (κ2) is 13.3. The number of nitrogens with one attached hydrogen (secondary N) is 2. The number of hydrogen-bond acceptors (Lipinski definition) is 3.